The van der Waals surface area contributed by atoms with Crippen molar-refractivity contribution >= 4 is 27.5 Å². The number of alkyl halides is 2. The third-order valence-electron chi connectivity index (χ3n) is 5.31. The molecule has 1 aliphatic heterocycles. The van der Waals surface area contributed by atoms with Crippen molar-refractivity contribution in [1.82, 2.24) is 9.62 Å². The first-order valence-corrected chi connectivity index (χ1v) is 11.7. The van der Waals surface area contributed by atoms with E-state index in [9.17, 15) is 26.4 Å². The Morgan fingerprint density at radius 2 is 1.84 bits per heavy atom. The SMILES string of the molecule is CC(NC(=O)C1CCN(S(=O)(=O)c2ccc(F)c(Cl)c2)CC1)c1ccccc1OC(F)F. The van der Waals surface area contributed by atoms with E-state index in [1.54, 1.807) is 25.1 Å². The average molecular weight is 491 g/mol. The van der Waals surface area contributed by atoms with Crippen LogP contribution in [0.5, 0.6) is 5.75 Å². The highest BCUT2D eigenvalue weighted by Gasteiger charge is 2.33. The third kappa shape index (κ3) is 5.54. The molecule has 1 unspecified atom stereocenters. The Labute approximate surface area is 189 Å². The molecule has 174 valence electrons. The highest BCUT2D eigenvalue weighted by molar-refractivity contribution is 7.89. The number of carbonyl (C=O) groups excluding carboxylic acids is 1. The molecule has 2 aromatic rings. The first-order valence-electron chi connectivity index (χ1n) is 9.89. The second-order valence-corrected chi connectivity index (χ2v) is 9.75. The highest BCUT2D eigenvalue weighted by Crippen LogP contribution is 2.29. The van der Waals surface area contributed by atoms with Gasteiger partial charge in [0.05, 0.1) is 16.0 Å². The van der Waals surface area contributed by atoms with Gasteiger partial charge in [0.15, 0.2) is 0 Å². The summed E-state index contributed by atoms with van der Waals surface area (Å²) < 4.78 is 69.9. The van der Waals surface area contributed by atoms with E-state index in [0.29, 0.717) is 5.56 Å². The van der Waals surface area contributed by atoms with Crippen molar-refractivity contribution < 1.29 is 31.1 Å². The molecule has 1 saturated heterocycles. The van der Waals surface area contributed by atoms with E-state index in [2.05, 4.69) is 10.1 Å². The summed E-state index contributed by atoms with van der Waals surface area (Å²) in [6, 6.07) is 8.82. The van der Waals surface area contributed by atoms with Crippen molar-refractivity contribution in [3.8, 4) is 5.75 Å². The fourth-order valence-corrected chi connectivity index (χ4v) is 5.34. The monoisotopic (exact) mass is 490 g/mol. The minimum Gasteiger partial charge on any atom is -0.434 e. The molecule has 1 N–H and O–H groups in total. The predicted molar refractivity (Wildman–Crippen MR) is 113 cm³/mol. The number of benzene rings is 2. The van der Waals surface area contributed by atoms with Crippen LogP contribution in [0.4, 0.5) is 13.2 Å². The molecule has 0 radical (unpaired) electrons. The fourth-order valence-electron chi connectivity index (χ4n) is 3.60. The van der Waals surface area contributed by atoms with E-state index < -0.39 is 34.4 Å². The van der Waals surface area contributed by atoms with Gasteiger partial charge in [0.25, 0.3) is 0 Å². The Hall–Kier alpha value is -2.30. The quantitative estimate of drug-likeness (QED) is 0.625. The largest absolute Gasteiger partial charge is 0.434 e. The molecular formula is C21H22ClF3N2O4S. The van der Waals surface area contributed by atoms with Gasteiger partial charge in [-0.05, 0) is 44.0 Å². The molecule has 3 rings (SSSR count). The number of piperidine rings is 1. The van der Waals surface area contributed by atoms with Crippen LogP contribution in [-0.4, -0.2) is 38.3 Å². The zero-order valence-electron chi connectivity index (χ0n) is 17.1. The molecule has 1 fully saturated rings. The van der Waals surface area contributed by atoms with Gasteiger partial charge >= 0.3 is 6.61 Å². The van der Waals surface area contributed by atoms with Crippen molar-refractivity contribution in [1.29, 1.82) is 0 Å². The number of sulfonamides is 1. The van der Waals surface area contributed by atoms with Gasteiger partial charge in [-0.25, -0.2) is 12.8 Å². The van der Waals surface area contributed by atoms with Gasteiger partial charge in [-0.2, -0.15) is 13.1 Å². The Kier molecular flexibility index (Phi) is 7.68. The maximum absolute atomic E-state index is 13.4. The smallest absolute Gasteiger partial charge is 0.387 e. The second-order valence-electron chi connectivity index (χ2n) is 7.40. The molecule has 1 heterocycles. The van der Waals surface area contributed by atoms with E-state index in [0.717, 1.165) is 18.2 Å². The molecule has 6 nitrogen and oxygen atoms in total. The minimum absolute atomic E-state index is 0.0193. The van der Waals surface area contributed by atoms with Crippen LogP contribution in [0.2, 0.25) is 5.02 Å². The van der Waals surface area contributed by atoms with Gasteiger partial charge in [0.2, 0.25) is 15.9 Å². The highest BCUT2D eigenvalue weighted by atomic mass is 35.5. The summed E-state index contributed by atoms with van der Waals surface area (Å²) in [4.78, 5) is 12.6. The van der Waals surface area contributed by atoms with Gasteiger partial charge in [-0.3, -0.25) is 4.79 Å². The zero-order chi connectivity index (χ0) is 23.5. The van der Waals surface area contributed by atoms with E-state index in [-0.39, 0.29) is 47.5 Å². The van der Waals surface area contributed by atoms with Crippen LogP contribution in [0, 0.1) is 11.7 Å². The first kappa shape index (κ1) is 24.3. The molecule has 11 heteroatoms. The number of hydrogen-bond acceptors (Lipinski definition) is 4. The number of halogens is 4. The zero-order valence-corrected chi connectivity index (χ0v) is 18.7. The van der Waals surface area contributed by atoms with E-state index in [1.165, 1.54) is 10.4 Å². The summed E-state index contributed by atoms with van der Waals surface area (Å²) in [6.45, 7) is -1.12. The summed E-state index contributed by atoms with van der Waals surface area (Å²) in [5, 5.41) is 2.50. The Morgan fingerprint density at radius 1 is 1.19 bits per heavy atom. The first-order chi connectivity index (χ1) is 15.1. The lowest BCUT2D eigenvalue weighted by Gasteiger charge is -2.31. The summed E-state index contributed by atoms with van der Waals surface area (Å²) in [5.41, 5.74) is 0.411. The molecule has 1 aliphatic rings. The van der Waals surface area contributed by atoms with Gasteiger partial charge in [0, 0.05) is 24.6 Å². The van der Waals surface area contributed by atoms with E-state index >= 15 is 0 Å². The topological polar surface area (TPSA) is 75.7 Å². The fraction of sp³-hybridized carbons (Fsp3) is 0.381. The number of amides is 1. The molecular weight excluding hydrogens is 469 g/mol. The van der Waals surface area contributed by atoms with Gasteiger partial charge < -0.3 is 10.1 Å². The molecule has 1 amide bonds. The molecule has 0 aromatic heterocycles. The van der Waals surface area contributed by atoms with Crippen LogP contribution in [-0.2, 0) is 14.8 Å². The predicted octanol–water partition coefficient (Wildman–Crippen LogP) is 4.36. The lowest BCUT2D eigenvalue weighted by atomic mass is 9.96. The van der Waals surface area contributed by atoms with E-state index in [1.807, 2.05) is 0 Å². The normalized spacial score (nSPS) is 16.7. The van der Waals surface area contributed by atoms with Crippen LogP contribution in [0.3, 0.4) is 0 Å². The number of carbonyl (C=O) groups is 1. The van der Waals surface area contributed by atoms with Crippen molar-refractivity contribution in [2.45, 2.75) is 37.3 Å². The van der Waals surface area contributed by atoms with Crippen LogP contribution in [0.15, 0.2) is 47.4 Å². The maximum atomic E-state index is 13.4. The molecule has 32 heavy (non-hydrogen) atoms. The van der Waals surface area contributed by atoms with E-state index in [4.69, 9.17) is 11.6 Å². The van der Waals surface area contributed by atoms with Crippen LogP contribution in [0.25, 0.3) is 0 Å². The summed E-state index contributed by atoms with van der Waals surface area (Å²) in [6.07, 6.45) is 0.559. The standard InChI is InChI=1S/C21H22ClF3N2O4S/c1-13(16-4-2-3-5-19(16)31-21(24)25)26-20(28)14-8-10-27(11-9-14)32(29,30)15-6-7-18(23)17(22)12-15/h2-7,12-14,21H,8-11H2,1H3,(H,26,28). The third-order valence-corrected chi connectivity index (χ3v) is 7.50. The number of para-hydroxylation sites is 1. The number of hydrogen-bond donors (Lipinski definition) is 1. The van der Waals surface area contributed by atoms with Crippen LogP contribution in [0.1, 0.15) is 31.4 Å². The van der Waals surface area contributed by atoms with Gasteiger partial charge in [0.1, 0.15) is 11.6 Å². The van der Waals surface area contributed by atoms with Gasteiger partial charge in [-0.15, -0.1) is 0 Å². The molecule has 0 spiro atoms. The molecule has 0 aliphatic carbocycles. The Bertz CT molecular complexity index is 1080. The molecule has 2 aromatic carbocycles. The average Bonchev–Trinajstić information content (AvgIpc) is 2.75. The number of ether oxygens (including phenoxy) is 1. The molecule has 0 saturated carbocycles. The molecule has 0 bridgehead atoms. The minimum atomic E-state index is -3.87. The van der Waals surface area contributed by atoms with Crippen molar-refractivity contribution in [3.63, 3.8) is 0 Å². The Balaban J connectivity index is 1.62. The van der Waals surface area contributed by atoms with Crippen LogP contribution >= 0.6 is 11.6 Å². The summed E-state index contributed by atoms with van der Waals surface area (Å²) >= 11 is 5.70. The second kappa shape index (κ2) is 10.1. The lowest BCUT2D eigenvalue weighted by Crippen LogP contribution is -2.43. The summed E-state index contributed by atoms with van der Waals surface area (Å²) in [7, 11) is -3.87. The van der Waals surface area contributed by atoms with Crippen molar-refractivity contribution in [2.75, 3.05) is 13.1 Å². The summed E-state index contributed by atoms with van der Waals surface area (Å²) in [5.74, 6) is -1.47. The van der Waals surface area contributed by atoms with Crippen LogP contribution < -0.4 is 10.1 Å². The lowest BCUT2D eigenvalue weighted by molar-refractivity contribution is -0.126. The Morgan fingerprint density at radius 3 is 2.47 bits per heavy atom. The van der Waals surface area contributed by atoms with Crippen molar-refractivity contribution in [2.24, 2.45) is 5.92 Å². The number of rotatable bonds is 7. The molecule has 1 atom stereocenters. The van der Waals surface area contributed by atoms with Gasteiger partial charge in [-0.1, -0.05) is 29.8 Å². The van der Waals surface area contributed by atoms with Crippen molar-refractivity contribution in [3.05, 3.63) is 58.9 Å². The maximum Gasteiger partial charge on any atom is 0.387 e. The number of nitrogens with one attached hydrogen (secondary N) is 1. The number of nitrogens with zero attached hydrogens (tertiary/aromatic N) is 1.